The van der Waals surface area contributed by atoms with Crippen LogP contribution in [0.1, 0.15) is 12.8 Å². The van der Waals surface area contributed by atoms with Crippen LogP contribution < -0.4 is 5.32 Å². The van der Waals surface area contributed by atoms with Crippen LogP contribution in [0.4, 0.5) is 0 Å². The Hall–Kier alpha value is -0.120. The topological polar surface area (TPSA) is 30.5 Å². The smallest absolute Gasteiger partial charge is 0.146 e. The zero-order chi connectivity index (χ0) is 7.23. The highest BCUT2D eigenvalue weighted by molar-refractivity contribution is 4.67. The zero-order valence-electron chi connectivity index (χ0n) is 6.43. The molecule has 1 aliphatic rings. The van der Waals surface area contributed by atoms with Gasteiger partial charge in [-0.2, -0.15) is 0 Å². The van der Waals surface area contributed by atoms with Crippen LogP contribution in [0, 0.1) is 0 Å². The van der Waals surface area contributed by atoms with E-state index in [1.165, 1.54) is 6.42 Å². The van der Waals surface area contributed by atoms with Crippen molar-refractivity contribution in [3.8, 4) is 0 Å². The van der Waals surface area contributed by atoms with Gasteiger partial charge in [-0.1, -0.05) is 0 Å². The molecule has 0 unspecified atom stereocenters. The summed E-state index contributed by atoms with van der Waals surface area (Å²) in [6, 6.07) is 0. The Kier molecular flexibility index (Phi) is 3.72. The average Bonchev–Trinajstić information content (AvgIpc) is 2.03. The van der Waals surface area contributed by atoms with Gasteiger partial charge in [0.2, 0.25) is 0 Å². The lowest BCUT2D eigenvalue weighted by Gasteiger charge is -2.22. The first-order valence-corrected chi connectivity index (χ1v) is 3.74. The van der Waals surface area contributed by atoms with Crippen LogP contribution in [0.5, 0.6) is 0 Å². The van der Waals surface area contributed by atoms with Crippen molar-refractivity contribution in [3.63, 3.8) is 0 Å². The zero-order valence-corrected chi connectivity index (χ0v) is 6.43. The highest BCUT2D eigenvalue weighted by Gasteiger charge is 2.11. The molecule has 1 atom stereocenters. The molecule has 0 saturated carbocycles. The van der Waals surface area contributed by atoms with E-state index in [0.29, 0.717) is 12.9 Å². The third-order valence-electron chi connectivity index (χ3n) is 1.67. The van der Waals surface area contributed by atoms with Crippen molar-refractivity contribution in [2.24, 2.45) is 0 Å². The monoisotopic (exact) mass is 145 g/mol. The second-order valence-electron chi connectivity index (χ2n) is 2.54. The van der Waals surface area contributed by atoms with E-state index in [4.69, 9.17) is 9.47 Å². The van der Waals surface area contributed by atoms with E-state index < -0.39 is 0 Å². The van der Waals surface area contributed by atoms with Gasteiger partial charge in [-0.05, 0) is 19.4 Å². The van der Waals surface area contributed by atoms with E-state index in [9.17, 15) is 0 Å². The van der Waals surface area contributed by atoms with Crippen molar-refractivity contribution in [2.45, 2.75) is 18.9 Å². The van der Waals surface area contributed by atoms with Crippen molar-refractivity contribution in [1.29, 1.82) is 0 Å². The lowest BCUT2D eigenvalue weighted by Crippen LogP contribution is -2.35. The molecule has 1 rings (SSSR count). The third-order valence-corrected chi connectivity index (χ3v) is 1.67. The Morgan fingerprint density at radius 2 is 2.50 bits per heavy atom. The molecule has 3 nitrogen and oxygen atoms in total. The number of nitrogens with one attached hydrogen (secondary N) is 1. The Morgan fingerprint density at radius 3 is 3.10 bits per heavy atom. The lowest BCUT2D eigenvalue weighted by atomic mass is 10.1. The van der Waals surface area contributed by atoms with Gasteiger partial charge in [0.25, 0.3) is 0 Å². The van der Waals surface area contributed by atoms with Crippen molar-refractivity contribution in [1.82, 2.24) is 5.32 Å². The molecule has 60 valence electrons. The number of ether oxygens (including phenoxy) is 2. The van der Waals surface area contributed by atoms with Gasteiger partial charge in [0.1, 0.15) is 6.79 Å². The summed E-state index contributed by atoms with van der Waals surface area (Å²) in [6.07, 6.45) is 2.75. The van der Waals surface area contributed by atoms with Crippen LogP contribution in [0.15, 0.2) is 0 Å². The fourth-order valence-corrected chi connectivity index (χ4v) is 1.13. The second-order valence-corrected chi connectivity index (χ2v) is 2.54. The first-order valence-electron chi connectivity index (χ1n) is 3.74. The Balaban J connectivity index is 2.02. The van der Waals surface area contributed by atoms with Gasteiger partial charge in [-0.15, -0.1) is 0 Å². The fourth-order valence-electron chi connectivity index (χ4n) is 1.13. The highest BCUT2D eigenvalue weighted by Crippen LogP contribution is 2.04. The Bertz CT molecular complexity index is 81.7. The molecular formula is C7H15NO2. The maximum atomic E-state index is 5.35. The van der Waals surface area contributed by atoms with E-state index in [-0.39, 0.29) is 0 Å². The number of rotatable bonds is 3. The maximum absolute atomic E-state index is 5.35. The lowest BCUT2D eigenvalue weighted by molar-refractivity contribution is -0.0772. The highest BCUT2D eigenvalue weighted by atomic mass is 16.7. The molecule has 1 saturated heterocycles. The number of hydrogen-bond acceptors (Lipinski definition) is 3. The summed E-state index contributed by atoms with van der Waals surface area (Å²) in [6.45, 7) is 2.53. The van der Waals surface area contributed by atoms with Crippen LogP contribution >= 0.6 is 0 Å². The molecular weight excluding hydrogens is 130 g/mol. The SMILES string of the molecule is COCO[C@H]1CCCNC1. The normalized spacial score (nSPS) is 26.7. The molecule has 1 aliphatic heterocycles. The molecule has 0 amide bonds. The number of hydrogen-bond donors (Lipinski definition) is 1. The molecule has 0 spiro atoms. The predicted octanol–water partition coefficient (Wildman–Crippen LogP) is 0.359. The van der Waals surface area contributed by atoms with Crippen molar-refractivity contribution in [3.05, 3.63) is 0 Å². The largest absolute Gasteiger partial charge is 0.359 e. The fraction of sp³-hybridized carbons (Fsp3) is 1.00. The summed E-state index contributed by atoms with van der Waals surface area (Å²) in [5.41, 5.74) is 0. The molecule has 3 heteroatoms. The number of methoxy groups -OCH3 is 1. The summed E-state index contributed by atoms with van der Waals surface area (Å²) in [4.78, 5) is 0. The van der Waals surface area contributed by atoms with E-state index in [1.54, 1.807) is 7.11 Å². The molecule has 0 bridgehead atoms. The van der Waals surface area contributed by atoms with Crippen molar-refractivity contribution in [2.75, 3.05) is 27.0 Å². The maximum Gasteiger partial charge on any atom is 0.146 e. The first kappa shape index (κ1) is 7.98. The van der Waals surface area contributed by atoms with Gasteiger partial charge in [0, 0.05) is 13.7 Å². The summed E-state index contributed by atoms with van der Waals surface area (Å²) in [5.74, 6) is 0. The molecule has 0 aromatic heterocycles. The van der Waals surface area contributed by atoms with Crippen LogP contribution in [0.3, 0.4) is 0 Å². The first-order chi connectivity index (χ1) is 4.93. The molecule has 0 aromatic carbocycles. The molecule has 1 N–H and O–H groups in total. The van der Waals surface area contributed by atoms with E-state index in [0.717, 1.165) is 19.5 Å². The van der Waals surface area contributed by atoms with E-state index in [1.807, 2.05) is 0 Å². The molecule has 0 aliphatic carbocycles. The molecule has 10 heavy (non-hydrogen) atoms. The summed E-state index contributed by atoms with van der Waals surface area (Å²) in [5, 5.41) is 3.26. The minimum Gasteiger partial charge on any atom is -0.359 e. The number of piperidine rings is 1. The Labute approximate surface area is 61.7 Å². The average molecular weight is 145 g/mol. The van der Waals surface area contributed by atoms with Crippen LogP contribution in [0.2, 0.25) is 0 Å². The van der Waals surface area contributed by atoms with Gasteiger partial charge < -0.3 is 14.8 Å². The predicted molar refractivity (Wildman–Crippen MR) is 38.9 cm³/mol. The Morgan fingerprint density at radius 1 is 1.60 bits per heavy atom. The van der Waals surface area contributed by atoms with Crippen LogP contribution in [0.25, 0.3) is 0 Å². The summed E-state index contributed by atoms with van der Waals surface area (Å²) < 4.78 is 10.1. The minimum atomic E-state index is 0.369. The van der Waals surface area contributed by atoms with Crippen molar-refractivity contribution < 1.29 is 9.47 Å². The third kappa shape index (κ3) is 2.64. The molecule has 0 radical (unpaired) electrons. The van der Waals surface area contributed by atoms with Crippen LogP contribution in [-0.4, -0.2) is 33.1 Å². The van der Waals surface area contributed by atoms with Crippen LogP contribution in [-0.2, 0) is 9.47 Å². The van der Waals surface area contributed by atoms with Gasteiger partial charge in [-0.3, -0.25) is 0 Å². The van der Waals surface area contributed by atoms with E-state index >= 15 is 0 Å². The summed E-state index contributed by atoms with van der Waals surface area (Å²) >= 11 is 0. The van der Waals surface area contributed by atoms with E-state index in [2.05, 4.69) is 5.32 Å². The van der Waals surface area contributed by atoms with Gasteiger partial charge in [0.15, 0.2) is 0 Å². The quantitative estimate of drug-likeness (QED) is 0.582. The standard InChI is InChI=1S/C7H15NO2/c1-9-6-10-7-3-2-4-8-5-7/h7-8H,2-6H2,1H3/t7-/m0/s1. The van der Waals surface area contributed by atoms with Gasteiger partial charge in [-0.25, -0.2) is 0 Å². The molecule has 1 fully saturated rings. The van der Waals surface area contributed by atoms with Gasteiger partial charge in [0.05, 0.1) is 6.10 Å². The van der Waals surface area contributed by atoms with Crippen molar-refractivity contribution >= 4 is 0 Å². The molecule has 0 aromatic rings. The minimum absolute atomic E-state index is 0.369. The molecule has 1 heterocycles. The second kappa shape index (κ2) is 4.66. The summed E-state index contributed by atoms with van der Waals surface area (Å²) in [7, 11) is 1.65. The van der Waals surface area contributed by atoms with Gasteiger partial charge >= 0.3 is 0 Å².